The molecule has 0 radical (unpaired) electrons. The zero-order valence-electron chi connectivity index (χ0n) is 9.79. The predicted molar refractivity (Wildman–Crippen MR) is 70.7 cm³/mol. The molecule has 0 aromatic heterocycles. The Bertz CT molecular complexity index is 594. The molecule has 0 atom stereocenters. The largest absolute Gasteiger partial charge is 0.278 e. The molecule has 0 spiro atoms. The van der Waals surface area contributed by atoms with Gasteiger partial charge in [-0.15, -0.1) is 0 Å². The van der Waals surface area contributed by atoms with Gasteiger partial charge in [0.25, 0.3) is 5.69 Å². The van der Waals surface area contributed by atoms with Gasteiger partial charge in [0.1, 0.15) is 5.82 Å². The lowest BCUT2D eigenvalue weighted by Crippen LogP contribution is -1.92. The van der Waals surface area contributed by atoms with Crippen LogP contribution in [0, 0.1) is 15.9 Å². The van der Waals surface area contributed by atoms with E-state index in [9.17, 15) is 14.5 Å². The Hall–Kier alpha value is -2.76. The number of anilines is 1. The summed E-state index contributed by atoms with van der Waals surface area (Å²) in [5, 5.41) is 14.4. The normalized spacial score (nSPS) is 10.6. The quantitative estimate of drug-likeness (QED) is 0.521. The van der Waals surface area contributed by atoms with Gasteiger partial charge in [-0.2, -0.15) is 5.10 Å². The van der Waals surface area contributed by atoms with Gasteiger partial charge in [0.05, 0.1) is 16.8 Å². The minimum atomic E-state index is -0.467. The second-order valence-corrected chi connectivity index (χ2v) is 3.73. The van der Waals surface area contributed by atoms with Crippen molar-refractivity contribution in [1.29, 1.82) is 0 Å². The molecule has 2 aromatic carbocycles. The van der Waals surface area contributed by atoms with Crippen LogP contribution in [0.15, 0.2) is 53.6 Å². The summed E-state index contributed by atoms with van der Waals surface area (Å²) in [5.41, 5.74) is 4.12. The highest BCUT2D eigenvalue weighted by atomic mass is 19.1. The zero-order valence-corrected chi connectivity index (χ0v) is 9.79. The maximum absolute atomic E-state index is 12.7. The third-order valence-electron chi connectivity index (χ3n) is 2.36. The van der Waals surface area contributed by atoms with Gasteiger partial charge in [-0.3, -0.25) is 15.5 Å². The summed E-state index contributed by atoms with van der Waals surface area (Å²) in [4.78, 5) is 10.00. The molecule has 0 heterocycles. The molecule has 0 saturated heterocycles. The SMILES string of the molecule is O=[N+]([O-])c1ccc(N/N=C/c2ccc(F)cc2)cc1. The van der Waals surface area contributed by atoms with E-state index < -0.39 is 4.92 Å². The van der Waals surface area contributed by atoms with Crippen LogP contribution in [-0.4, -0.2) is 11.1 Å². The molecule has 0 amide bonds. The second-order valence-electron chi connectivity index (χ2n) is 3.73. The average molecular weight is 259 g/mol. The lowest BCUT2D eigenvalue weighted by Gasteiger charge is -1.99. The van der Waals surface area contributed by atoms with Gasteiger partial charge in [0.15, 0.2) is 0 Å². The Morgan fingerprint density at radius 1 is 1.11 bits per heavy atom. The number of nitro benzene ring substituents is 1. The van der Waals surface area contributed by atoms with E-state index in [1.807, 2.05) is 0 Å². The van der Waals surface area contributed by atoms with Crippen molar-refractivity contribution >= 4 is 17.6 Å². The van der Waals surface area contributed by atoms with Crippen molar-refractivity contribution in [3.8, 4) is 0 Å². The minimum Gasteiger partial charge on any atom is -0.278 e. The summed E-state index contributed by atoms with van der Waals surface area (Å²) in [6, 6.07) is 11.7. The molecule has 96 valence electrons. The number of non-ortho nitro benzene ring substituents is 1. The number of hydrogen-bond donors (Lipinski definition) is 1. The molecule has 1 N–H and O–H groups in total. The lowest BCUT2D eigenvalue weighted by atomic mass is 10.2. The summed E-state index contributed by atoms with van der Waals surface area (Å²) in [6.07, 6.45) is 1.53. The van der Waals surface area contributed by atoms with Crippen LogP contribution in [0.1, 0.15) is 5.56 Å². The van der Waals surface area contributed by atoms with Gasteiger partial charge >= 0.3 is 0 Å². The monoisotopic (exact) mass is 259 g/mol. The van der Waals surface area contributed by atoms with E-state index >= 15 is 0 Å². The van der Waals surface area contributed by atoms with E-state index in [1.54, 1.807) is 24.3 Å². The lowest BCUT2D eigenvalue weighted by molar-refractivity contribution is -0.384. The smallest absolute Gasteiger partial charge is 0.269 e. The highest BCUT2D eigenvalue weighted by Gasteiger charge is 2.02. The molecule has 2 rings (SSSR count). The van der Waals surface area contributed by atoms with Crippen molar-refractivity contribution in [2.45, 2.75) is 0 Å². The highest BCUT2D eigenvalue weighted by Crippen LogP contribution is 2.15. The number of nitrogens with one attached hydrogen (secondary N) is 1. The second kappa shape index (κ2) is 5.72. The van der Waals surface area contributed by atoms with Crippen molar-refractivity contribution in [3.63, 3.8) is 0 Å². The van der Waals surface area contributed by atoms with Crippen molar-refractivity contribution in [3.05, 3.63) is 70.0 Å². The first kappa shape index (κ1) is 12.7. The molecule has 0 bridgehead atoms. The summed E-state index contributed by atoms with van der Waals surface area (Å²) < 4.78 is 12.7. The zero-order chi connectivity index (χ0) is 13.7. The first-order chi connectivity index (χ1) is 9.15. The van der Waals surface area contributed by atoms with Crippen LogP contribution in [-0.2, 0) is 0 Å². The molecular formula is C13H10FN3O2. The van der Waals surface area contributed by atoms with Gasteiger partial charge in [0.2, 0.25) is 0 Å². The molecule has 19 heavy (non-hydrogen) atoms. The van der Waals surface area contributed by atoms with E-state index in [4.69, 9.17) is 0 Å². The number of hydrogen-bond acceptors (Lipinski definition) is 4. The van der Waals surface area contributed by atoms with Crippen molar-refractivity contribution in [1.82, 2.24) is 0 Å². The highest BCUT2D eigenvalue weighted by molar-refractivity contribution is 5.80. The minimum absolute atomic E-state index is 0.0214. The summed E-state index contributed by atoms with van der Waals surface area (Å²) in [7, 11) is 0. The first-order valence-electron chi connectivity index (χ1n) is 5.44. The molecule has 0 saturated carbocycles. The van der Waals surface area contributed by atoms with Crippen LogP contribution in [0.4, 0.5) is 15.8 Å². The van der Waals surface area contributed by atoms with Crippen LogP contribution in [0.3, 0.4) is 0 Å². The first-order valence-corrected chi connectivity index (χ1v) is 5.44. The molecule has 0 aliphatic heterocycles. The summed E-state index contributed by atoms with van der Waals surface area (Å²) in [6.45, 7) is 0. The molecule has 6 heteroatoms. The van der Waals surface area contributed by atoms with Gasteiger partial charge < -0.3 is 0 Å². The Morgan fingerprint density at radius 2 is 1.74 bits per heavy atom. The van der Waals surface area contributed by atoms with Gasteiger partial charge in [0, 0.05) is 12.1 Å². The molecule has 0 fully saturated rings. The number of nitrogens with zero attached hydrogens (tertiary/aromatic N) is 2. The number of rotatable bonds is 4. The van der Waals surface area contributed by atoms with E-state index in [-0.39, 0.29) is 11.5 Å². The maximum Gasteiger partial charge on any atom is 0.269 e. The van der Waals surface area contributed by atoms with E-state index in [0.717, 1.165) is 5.56 Å². The summed E-state index contributed by atoms with van der Waals surface area (Å²) in [5.74, 6) is -0.305. The van der Waals surface area contributed by atoms with Gasteiger partial charge in [-0.25, -0.2) is 4.39 Å². The standard InChI is InChI=1S/C13H10FN3O2/c14-11-3-1-10(2-4-11)9-15-16-12-5-7-13(8-6-12)17(18)19/h1-9,16H/b15-9+. The maximum atomic E-state index is 12.7. The third-order valence-corrected chi connectivity index (χ3v) is 2.36. The predicted octanol–water partition coefficient (Wildman–Crippen LogP) is 3.18. The Balaban J connectivity index is 1.98. The number of nitro groups is 1. The van der Waals surface area contributed by atoms with Crippen LogP contribution in [0.25, 0.3) is 0 Å². The third kappa shape index (κ3) is 3.60. The Kier molecular flexibility index (Phi) is 3.82. The van der Waals surface area contributed by atoms with E-state index in [2.05, 4.69) is 10.5 Å². The van der Waals surface area contributed by atoms with Crippen LogP contribution >= 0.6 is 0 Å². The van der Waals surface area contributed by atoms with Gasteiger partial charge in [-0.05, 0) is 29.8 Å². The fraction of sp³-hybridized carbons (Fsp3) is 0. The average Bonchev–Trinajstić information content (AvgIpc) is 2.41. The molecule has 0 unspecified atom stereocenters. The summed E-state index contributed by atoms with van der Waals surface area (Å²) >= 11 is 0. The van der Waals surface area contributed by atoms with Crippen molar-refractivity contribution in [2.24, 2.45) is 5.10 Å². The number of hydrazone groups is 1. The van der Waals surface area contributed by atoms with Crippen molar-refractivity contribution < 1.29 is 9.31 Å². The molecule has 2 aromatic rings. The van der Waals surface area contributed by atoms with Gasteiger partial charge in [-0.1, -0.05) is 12.1 Å². The Labute approximate surface area is 108 Å². The number of benzene rings is 2. The molecular weight excluding hydrogens is 249 g/mol. The molecule has 0 aliphatic rings. The molecule has 5 nitrogen and oxygen atoms in total. The van der Waals surface area contributed by atoms with Crippen LogP contribution in [0.2, 0.25) is 0 Å². The van der Waals surface area contributed by atoms with Crippen molar-refractivity contribution in [2.75, 3.05) is 5.43 Å². The number of halogens is 1. The van der Waals surface area contributed by atoms with Crippen LogP contribution in [0.5, 0.6) is 0 Å². The van der Waals surface area contributed by atoms with E-state index in [1.165, 1.54) is 30.5 Å². The van der Waals surface area contributed by atoms with Crippen LogP contribution < -0.4 is 5.43 Å². The molecule has 0 aliphatic carbocycles. The fourth-order valence-electron chi connectivity index (χ4n) is 1.39. The fourth-order valence-corrected chi connectivity index (χ4v) is 1.39. The topological polar surface area (TPSA) is 67.5 Å². The van der Waals surface area contributed by atoms with E-state index in [0.29, 0.717) is 5.69 Å². The Morgan fingerprint density at radius 3 is 2.32 bits per heavy atom.